The predicted molar refractivity (Wildman–Crippen MR) is 77.3 cm³/mol. The summed E-state index contributed by atoms with van der Waals surface area (Å²) in [5.41, 5.74) is 6.32. The number of hydrogen-bond donors (Lipinski definition) is 1. The highest BCUT2D eigenvalue weighted by Gasteiger charge is 2.24. The van der Waals surface area contributed by atoms with Crippen molar-refractivity contribution < 1.29 is 8.78 Å². The summed E-state index contributed by atoms with van der Waals surface area (Å²) in [7, 11) is 2.03. The first-order chi connectivity index (χ1) is 9.47. The van der Waals surface area contributed by atoms with E-state index in [9.17, 15) is 8.78 Å². The lowest BCUT2D eigenvalue weighted by Crippen LogP contribution is -2.39. The molecule has 1 aliphatic rings. The molecule has 2 N–H and O–H groups in total. The van der Waals surface area contributed by atoms with Gasteiger partial charge in [0.05, 0.1) is 0 Å². The molecule has 0 radical (unpaired) electrons. The molecule has 0 saturated heterocycles. The Balaban J connectivity index is 1.96. The van der Waals surface area contributed by atoms with Gasteiger partial charge in [0.25, 0.3) is 0 Å². The molecule has 1 unspecified atom stereocenters. The van der Waals surface area contributed by atoms with Gasteiger partial charge in [-0.25, -0.2) is 8.78 Å². The van der Waals surface area contributed by atoms with Crippen molar-refractivity contribution in [2.45, 2.75) is 44.7 Å². The second-order valence-corrected chi connectivity index (χ2v) is 6.13. The van der Waals surface area contributed by atoms with Crippen LogP contribution in [0.1, 0.15) is 44.2 Å². The first kappa shape index (κ1) is 15.4. The molecule has 2 nitrogen and oxygen atoms in total. The minimum absolute atomic E-state index is 0.265. The summed E-state index contributed by atoms with van der Waals surface area (Å²) in [4.78, 5) is 2.20. The molecule has 4 heteroatoms. The predicted octanol–water partition coefficient (Wildman–Crippen LogP) is 3.48. The summed E-state index contributed by atoms with van der Waals surface area (Å²) in [6.45, 7) is 2.84. The number of likely N-dealkylation sites (N-methyl/N-ethyl adjacent to an activating group) is 1. The summed E-state index contributed by atoms with van der Waals surface area (Å²) in [5, 5.41) is 0. The molecule has 112 valence electrons. The summed E-state index contributed by atoms with van der Waals surface area (Å²) >= 11 is 0. The molecule has 1 aromatic rings. The van der Waals surface area contributed by atoms with E-state index in [4.69, 9.17) is 5.73 Å². The Hall–Kier alpha value is -1.00. The van der Waals surface area contributed by atoms with Gasteiger partial charge in [0.2, 0.25) is 0 Å². The lowest BCUT2D eigenvalue weighted by atomic mass is 9.86. The molecule has 1 atom stereocenters. The fourth-order valence-electron chi connectivity index (χ4n) is 3.04. The van der Waals surface area contributed by atoms with Crippen molar-refractivity contribution in [2.24, 2.45) is 11.7 Å². The van der Waals surface area contributed by atoms with E-state index in [2.05, 4.69) is 11.8 Å². The fourth-order valence-corrected chi connectivity index (χ4v) is 3.04. The van der Waals surface area contributed by atoms with Crippen LogP contribution in [0.2, 0.25) is 0 Å². The molecule has 1 aromatic carbocycles. The van der Waals surface area contributed by atoms with Crippen LogP contribution in [0.15, 0.2) is 18.2 Å². The maximum atomic E-state index is 13.7. The van der Waals surface area contributed by atoms with Gasteiger partial charge < -0.3 is 10.6 Å². The maximum absolute atomic E-state index is 13.7. The smallest absolute Gasteiger partial charge is 0.128 e. The Bertz CT molecular complexity index is 442. The molecular formula is C16H24F2N2. The van der Waals surface area contributed by atoms with Crippen LogP contribution in [0.25, 0.3) is 0 Å². The van der Waals surface area contributed by atoms with Crippen LogP contribution in [0.3, 0.4) is 0 Å². The van der Waals surface area contributed by atoms with Crippen LogP contribution in [0.4, 0.5) is 8.78 Å². The number of nitrogens with zero attached hydrogens (tertiary/aromatic N) is 1. The van der Waals surface area contributed by atoms with Gasteiger partial charge in [-0.05, 0) is 56.8 Å². The normalized spacial score (nSPS) is 24.9. The monoisotopic (exact) mass is 282 g/mol. The van der Waals surface area contributed by atoms with Crippen molar-refractivity contribution in [2.75, 3.05) is 13.6 Å². The van der Waals surface area contributed by atoms with E-state index < -0.39 is 17.7 Å². The van der Waals surface area contributed by atoms with E-state index in [0.29, 0.717) is 12.6 Å². The van der Waals surface area contributed by atoms with E-state index in [0.717, 1.165) is 30.9 Å². The molecule has 2 rings (SSSR count). The Morgan fingerprint density at radius 1 is 1.25 bits per heavy atom. The van der Waals surface area contributed by atoms with Crippen molar-refractivity contribution in [1.82, 2.24) is 4.90 Å². The average Bonchev–Trinajstić information content (AvgIpc) is 2.42. The van der Waals surface area contributed by atoms with Crippen LogP contribution in [-0.4, -0.2) is 24.5 Å². The number of halogens is 2. The summed E-state index contributed by atoms with van der Waals surface area (Å²) in [6.07, 6.45) is 4.79. The maximum Gasteiger partial charge on any atom is 0.128 e. The van der Waals surface area contributed by atoms with Crippen molar-refractivity contribution in [3.8, 4) is 0 Å². The Morgan fingerprint density at radius 3 is 2.55 bits per heavy atom. The second kappa shape index (κ2) is 6.64. The number of benzene rings is 1. The first-order valence-corrected chi connectivity index (χ1v) is 7.38. The number of rotatable bonds is 4. The van der Waals surface area contributed by atoms with Crippen molar-refractivity contribution >= 4 is 0 Å². The molecule has 1 aliphatic carbocycles. The van der Waals surface area contributed by atoms with Crippen LogP contribution < -0.4 is 5.73 Å². The Labute approximate surface area is 120 Å². The minimum atomic E-state index is -0.491. The molecule has 1 fully saturated rings. The summed E-state index contributed by atoms with van der Waals surface area (Å²) in [6, 6.07) is 3.49. The third-order valence-electron chi connectivity index (χ3n) is 4.45. The zero-order chi connectivity index (χ0) is 14.7. The van der Waals surface area contributed by atoms with Gasteiger partial charge in [-0.15, -0.1) is 0 Å². The van der Waals surface area contributed by atoms with Gasteiger partial charge in [-0.1, -0.05) is 6.92 Å². The third-order valence-corrected chi connectivity index (χ3v) is 4.45. The lowest BCUT2D eigenvalue weighted by Gasteiger charge is -2.35. The number of hydrogen-bond acceptors (Lipinski definition) is 2. The number of nitrogens with two attached hydrogens (primary N) is 1. The molecular weight excluding hydrogens is 258 g/mol. The van der Waals surface area contributed by atoms with E-state index in [1.165, 1.54) is 18.9 Å². The van der Waals surface area contributed by atoms with Gasteiger partial charge in [0.1, 0.15) is 11.6 Å². The van der Waals surface area contributed by atoms with E-state index in [1.807, 2.05) is 7.05 Å². The van der Waals surface area contributed by atoms with Crippen LogP contribution in [0.5, 0.6) is 0 Å². The summed E-state index contributed by atoms with van der Waals surface area (Å²) in [5.74, 6) is -0.0652. The molecule has 0 aliphatic heterocycles. The highest BCUT2D eigenvalue weighted by molar-refractivity contribution is 5.22. The van der Waals surface area contributed by atoms with Crippen LogP contribution >= 0.6 is 0 Å². The average molecular weight is 282 g/mol. The highest BCUT2D eigenvalue weighted by Crippen LogP contribution is 2.27. The second-order valence-electron chi connectivity index (χ2n) is 6.13. The van der Waals surface area contributed by atoms with E-state index in [-0.39, 0.29) is 5.56 Å². The van der Waals surface area contributed by atoms with Gasteiger partial charge in [-0.3, -0.25) is 0 Å². The molecule has 0 spiro atoms. The molecule has 20 heavy (non-hydrogen) atoms. The Morgan fingerprint density at radius 2 is 1.90 bits per heavy atom. The molecule has 0 heterocycles. The molecule has 0 aromatic heterocycles. The lowest BCUT2D eigenvalue weighted by molar-refractivity contribution is 0.162. The van der Waals surface area contributed by atoms with E-state index in [1.54, 1.807) is 0 Å². The SMILES string of the molecule is CC1CCC(N(C)CC(N)c2cc(F)ccc2F)CC1. The van der Waals surface area contributed by atoms with Gasteiger partial charge >= 0.3 is 0 Å². The van der Waals surface area contributed by atoms with Crippen molar-refractivity contribution in [3.05, 3.63) is 35.4 Å². The molecule has 0 bridgehead atoms. The van der Waals surface area contributed by atoms with Gasteiger partial charge in [-0.2, -0.15) is 0 Å². The van der Waals surface area contributed by atoms with Gasteiger partial charge in [0.15, 0.2) is 0 Å². The topological polar surface area (TPSA) is 29.3 Å². The van der Waals surface area contributed by atoms with Crippen molar-refractivity contribution in [3.63, 3.8) is 0 Å². The quantitative estimate of drug-likeness (QED) is 0.916. The van der Waals surface area contributed by atoms with Crippen LogP contribution in [0, 0.1) is 17.6 Å². The molecule has 1 saturated carbocycles. The zero-order valence-corrected chi connectivity index (χ0v) is 12.3. The fraction of sp³-hybridized carbons (Fsp3) is 0.625. The largest absolute Gasteiger partial charge is 0.323 e. The minimum Gasteiger partial charge on any atom is -0.323 e. The van der Waals surface area contributed by atoms with E-state index >= 15 is 0 Å². The third kappa shape index (κ3) is 3.76. The standard InChI is InChI=1S/C16H24F2N2/c1-11-3-6-13(7-4-11)20(2)10-16(19)14-9-12(17)5-8-15(14)18/h5,8-9,11,13,16H,3-4,6-7,10,19H2,1-2H3. The highest BCUT2D eigenvalue weighted by atomic mass is 19.1. The first-order valence-electron chi connectivity index (χ1n) is 7.38. The zero-order valence-electron chi connectivity index (χ0n) is 12.3. The van der Waals surface area contributed by atoms with Gasteiger partial charge in [0, 0.05) is 24.2 Å². The summed E-state index contributed by atoms with van der Waals surface area (Å²) < 4.78 is 26.9. The van der Waals surface area contributed by atoms with Crippen LogP contribution in [-0.2, 0) is 0 Å². The molecule has 0 amide bonds. The van der Waals surface area contributed by atoms with Crippen molar-refractivity contribution in [1.29, 1.82) is 0 Å². The Kier molecular flexibility index (Phi) is 5.11.